The van der Waals surface area contributed by atoms with Crippen LogP contribution >= 0.6 is 11.3 Å². The Balaban J connectivity index is 2.18. The third-order valence-electron chi connectivity index (χ3n) is 4.15. The van der Waals surface area contributed by atoms with Gasteiger partial charge in [0.2, 0.25) is 0 Å². The standard InChI is InChI=1S/C20H26N2O4S/c1-4-26-10-6-9-22(12-14(2)20(24)25)19(23)17-8-5-7-16(11-17)18-13-27-15(3)21-18/h5,7-8,11,13-14H,4,6,9-10,12H2,1-3H3,(H,24,25). The summed E-state index contributed by atoms with van der Waals surface area (Å²) in [7, 11) is 0. The second-order valence-corrected chi connectivity index (χ2v) is 7.44. The zero-order valence-corrected chi connectivity index (χ0v) is 16.8. The Bertz CT molecular complexity index is 775. The first-order chi connectivity index (χ1) is 12.9. The van der Waals surface area contributed by atoms with Gasteiger partial charge >= 0.3 is 5.97 Å². The molecule has 0 saturated heterocycles. The third-order valence-corrected chi connectivity index (χ3v) is 4.92. The smallest absolute Gasteiger partial charge is 0.308 e. The van der Waals surface area contributed by atoms with E-state index >= 15 is 0 Å². The predicted octanol–water partition coefficient (Wildman–Crippen LogP) is 3.71. The van der Waals surface area contributed by atoms with Crippen LogP contribution < -0.4 is 0 Å². The number of hydrogen-bond donors (Lipinski definition) is 1. The van der Waals surface area contributed by atoms with Gasteiger partial charge in [0.25, 0.3) is 5.91 Å². The van der Waals surface area contributed by atoms with Gasteiger partial charge in [-0.15, -0.1) is 11.3 Å². The lowest BCUT2D eigenvalue weighted by Crippen LogP contribution is -2.38. The van der Waals surface area contributed by atoms with Gasteiger partial charge in [-0.25, -0.2) is 4.98 Å². The Morgan fingerprint density at radius 3 is 2.78 bits per heavy atom. The second-order valence-electron chi connectivity index (χ2n) is 6.37. The Labute approximate surface area is 163 Å². The number of aryl methyl sites for hydroxylation is 1. The number of hydrogen-bond acceptors (Lipinski definition) is 5. The minimum Gasteiger partial charge on any atom is -0.481 e. The number of carboxylic acids is 1. The summed E-state index contributed by atoms with van der Waals surface area (Å²) in [5.74, 6) is -1.72. The maximum absolute atomic E-state index is 13.0. The molecule has 2 aromatic rings. The monoisotopic (exact) mass is 390 g/mol. The van der Waals surface area contributed by atoms with Gasteiger partial charge in [0, 0.05) is 42.8 Å². The first-order valence-corrected chi connectivity index (χ1v) is 9.92. The minimum absolute atomic E-state index is 0.167. The Kier molecular flexibility index (Phi) is 7.94. The summed E-state index contributed by atoms with van der Waals surface area (Å²) in [6.45, 7) is 7.25. The molecule has 1 N–H and O–H groups in total. The molecule has 0 spiro atoms. The molecule has 0 aliphatic rings. The number of carbonyl (C=O) groups excluding carboxylic acids is 1. The van der Waals surface area contributed by atoms with Crippen molar-refractivity contribution in [2.24, 2.45) is 5.92 Å². The van der Waals surface area contributed by atoms with Gasteiger partial charge in [-0.2, -0.15) is 0 Å². The van der Waals surface area contributed by atoms with Gasteiger partial charge in [-0.05, 0) is 32.4 Å². The van der Waals surface area contributed by atoms with E-state index in [1.807, 2.05) is 37.4 Å². The lowest BCUT2D eigenvalue weighted by Gasteiger charge is -2.25. The van der Waals surface area contributed by atoms with Crippen LogP contribution in [0.3, 0.4) is 0 Å². The summed E-state index contributed by atoms with van der Waals surface area (Å²) in [4.78, 5) is 30.3. The number of benzene rings is 1. The number of carboxylic acid groups (broad SMARTS) is 1. The van der Waals surface area contributed by atoms with Gasteiger partial charge in [0.1, 0.15) is 0 Å². The molecule has 1 aromatic carbocycles. The Morgan fingerprint density at radius 1 is 1.37 bits per heavy atom. The fraction of sp³-hybridized carbons (Fsp3) is 0.450. The van der Waals surface area contributed by atoms with Crippen molar-refractivity contribution in [2.45, 2.75) is 27.2 Å². The van der Waals surface area contributed by atoms with Crippen molar-refractivity contribution in [3.8, 4) is 11.3 Å². The van der Waals surface area contributed by atoms with Crippen LogP contribution in [0.1, 0.15) is 35.6 Å². The van der Waals surface area contributed by atoms with Gasteiger partial charge in [0.15, 0.2) is 0 Å². The summed E-state index contributed by atoms with van der Waals surface area (Å²) in [6.07, 6.45) is 0.664. The average Bonchev–Trinajstić information content (AvgIpc) is 3.10. The van der Waals surface area contributed by atoms with E-state index in [9.17, 15) is 14.7 Å². The molecular formula is C20H26N2O4S. The van der Waals surface area contributed by atoms with Crippen molar-refractivity contribution >= 4 is 23.2 Å². The Morgan fingerprint density at radius 2 is 2.15 bits per heavy atom. The summed E-state index contributed by atoms with van der Waals surface area (Å²) in [6, 6.07) is 7.32. The molecule has 1 heterocycles. The second kappa shape index (κ2) is 10.2. The number of ether oxygens (including phenoxy) is 1. The highest BCUT2D eigenvalue weighted by molar-refractivity contribution is 7.09. The van der Waals surface area contributed by atoms with E-state index in [1.54, 1.807) is 29.2 Å². The van der Waals surface area contributed by atoms with Crippen molar-refractivity contribution in [3.05, 3.63) is 40.2 Å². The molecule has 1 atom stereocenters. The molecule has 27 heavy (non-hydrogen) atoms. The molecule has 0 radical (unpaired) electrons. The van der Waals surface area contributed by atoms with E-state index < -0.39 is 11.9 Å². The van der Waals surface area contributed by atoms with Crippen molar-refractivity contribution in [1.82, 2.24) is 9.88 Å². The number of aromatic nitrogens is 1. The molecule has 0 aliphatic heterocycles. The largest absolute Gasteiger partial charge is 0.481 e. The highest BCUT2D eigenvalue weighted by atomic mass is 32.1. The first kappa shape index (κ1) is 21.1. The molecular weight excluding hydrogens is 364 g/mol. The maximum Gasteiger partial charge on any atom is 0.308 e. The first-order valence-electron chi connectivity index (χ1n) is 9.04. The molecule has 0 fully saturated rings. The zero-order chi connectivity index (χ0) is 19.8. The lowest BCUT2D eigenvalue weighted by molar-refractivity contribution is -0.141. The number of carbonyl (C=O) groups is 2. The molecule has 6 nitrogen and oxygen atoms in total. The molecule has 1 unspecified atom stereocenters. The van der Waals surface area contributed by atoms with E-state index in [0.717, 1.165) is 16.3 Å². The van der Waals surface area contributed by atoms with Gasteiger partial charge in [0.05, 0.1) is 16.6 Å². The van der Waals surface area contributed by atoms with Gasteiger partial charge in [-0.3, -0.25) is 9.59 Å². The quantitative estimate of drug-likeness (QED) is 0.626. The van der Waals surface area contributed by atoms with Crippen LogP contribution in [0.15, 0.2) is 29.6 Å². The number of aliphatic carboxylic acids is 1. The molecule has 1 amide bonds. The molecule has 0 bridgehead atoms. The normalized spacial score (nSPS) is 12.0. The Hall–Kier alpha value is -2.25. The highest BCUT2D eigenvalue weighted by Crippen LogP contribution is 2.23. The summed E-state index contributed by atoms with van der Waals surface area (Å²) in [5, 5.41) is 12.1. The summed E-state index contributed by atoms with van der Waals surface area (Å²) in [5.41, 5.74) is 2.26. The van der Waals surface area contributed by atoms with Crippen LogP contribution in [-0.2, 0) is 9.53 Å². The fourth-order valence-electron chi connectivity index (χ4n) is 2.68. The minimum atomic E-state index is -0.913. The molecule has 0 aliphatic carbocycles. The van der Waals surface area contributed by atoms with Crippen LogP contribution in [0.25, 0.3) is 11.3 Å². The van der Waals surface area contributed by atoms with Gasteiger partial charge < -0.3 is 14.7 Å². The zero-order valence-electron chi connectivity index (χ0n) is 16.0. The van der Waals surface area contributed by atoms with Crippen LogP contribution in [0, 0.1) is 12.8 Å². The SMILES string of the molecule is CCOCCCN(CC(C)C(=O)O)C(=O)c1cccc(-c2csc(C)n2)c1. The molecule has 0 saturated carbocycles. The van der Waals surface area contributed by atoms with Crippen LogP contribution in [0.2, 0.25) is 0 Å². The number of nitrogens with zero attached hydrogens (tertiary/aromatic N) is 2. The average molecular weight is 391 g/mol. The van der Waals surface area contributed by atoms with E-state index in [-0.39, 0.29) is 12.5 Å². The van der Waals surface area contributed by atoms with Crippen molar-refractivity contribution < 1.29 is 19.4 Å². The molecule has 146 valence electrons. The number of rotatable bonds is 10. The van der Waals surface area contributed by atoms with E-state index in [4.69, 9.17) is 4.74 Å². The van der Waals surface area contributed by atoms with E-state index in [0.29, 0.717) is 31.7 Å². The lowest BCUT2D eigenvalue weighted by atomic mass is 10.1. The number of amides is 1. The van der Waals surface area contributed by atoms with E-state index in [2.05, 4.69) is 4.98 Å². The fourth-order valence-corrected chi connectivity index (χ4v) is 3.30. The maximum atomic E-state index is 13.0. The van der Waals surface area contributed by atoms with Crippen LogP contribution in [0.4, 0.5) is 0 Å². The van der Waals surface area contributed by atoms with E-state index in [1.165, 1.54) is 0 Å². The van der Waals surface area contributed by atoms with Crippen LogP contribution in [0.5, 0.6) is 0 Å². The summed E-state index contributed by atoms with van der Waals surface area (Å²) >= 11 is 1.56. The van der Waals surface area contributed by atoms with Crippen LogP contribution in [-0.4, -0.2) is 53.2 Å². The van der Waals surface area contributed by atoms with Crippen molar-refractivity contribution in [2.75, 3.05) is 26.3 Å². The topological polar surface area (TPSA) is 79.7 Å². The predicted molar refractivity (Wildman–Crippen MR) is 106 cm³/mol. The van der Waals surface area contributed by atoms with Crippen molar-refractivity contribution in [1.29, 1.82) is 0 Å². The van der Waals surface area contributed by atoms with Crippen molar-refractivity contribution in [3.63, 3.8) is 0 Å². The number of thiazole rings is 1. The third kappa shape index (κ3) is 6.15. The summed E-state index contributed by atoms with van der Waals surface area (Å²) < 4.78 is 5.34. The van der Waals surface area contributed by atoms with Gasteiger partial charge in [-0.1, -0.05) is 19.1 Å². The molecule has 7 heteroatoms. The molecule has 1 aromatic heterocycles. The molecule has 2 rings (SSSR count). The highest BCUT2D eigenvalue weighted by Gasteiger charge is 2.22.